The fourth-order valence-electron chi connectivity index (χ4n) is 6.81. The number of carbonyl (C=O) groups excluding carboxylic acids is 1. The SMILES string of the molecule is CCCCCCCCCCCCCCCCCCN1[C@H]2[C@H](O[C@@H]3C[C@H](C)CC[C@H]3C(C)C)OC(=O)[C@H]21. The average molecular weight is 506 g/mol. The molecular formula is C32H59NO3. The summed E-state index contributed by atoms with van der Waals surface area (Å²) in [5, 5.41) is 0. The second-order valence-electron chi connectivity index (χ2n) is 12.8. The van der Waals surface area contributed by atoms with Crippen molar-refractivity contribution < 1.29 is 14.3 Å². The van der Waals surface area contributed by atoms with Crippen molar-refractivity contribution in [2.24, 2.45) is 17.8 Å². The Morgan fingerprint density at radius 2 is 1.36 bits per heavy atom. The number of cyclic esters (lactones) is 1. The summed E-state index contributed by atoms with van der Waals surface area (Å²) < 4.78 is 12.1. The van der Waals surface area contributed by atoms with Gasteiger partial charge in [-0.25, -0.2) is 0 Å². The first-order valence-corrected chi connectivity index (χ1v) is 16.1. The van der Waals surface area contributed by atoms with Gasteiger partial charge in [0.2, 0.25) is 6.29 Å². The van der Waals surface area contributed by atoms with E-state index in [-0.39, 0.29) is 30.4 Å². The van der Waals surface area contributed by atoms with Crippen LogP contribution in [-0.2, 0) is 14.3 Å². The molecule has 0 spiro atoms. The van der Waals surface area contributed by atoms with Crippen LogP contribution in [-0.4, -0.2) is 41.9 Å². The molecule has 1 saturated carbocycles. The van der Waals surface area contributed by atoms with Gasteiger partial charge in [-0.05, 0) is 43.6 Å². The molecule has 210 valence electrons. The number of ether oxygens (including phenoxy) is 2. The average Bonchev–Trinajstić information content (AvgIpc) is 3.48. The van der Waals surface area contributed by atoms with Crippen LogP contribution in [0.5, 0.6) is 0 Å². The molecule has 0 aromatic rings. The Morgan fingerprint density at radius 3 is 1.89 bits per heavy atom. The van der Waals surface area contributed by atoms with Crippen molar-refractivity contribution in [2.45, 2.75) is 174 Å². The molecule has 0 aromatic heterocycles. The zero-order valence-electron chi connectivity index (χ0n) is 24.4. The summed E-state index contributed by atoms with van der Waals surface area (Å²) in [5.41, 5.74) is 0. The third-order valence-electron chi connectivity index (χ3n) is 9.27. The zero-order valence-corrected chi connectivity index (χ0v) is 24.4. The van der Waals surface area contributed by atoms with Crippen LogP contribution < -0.4 is 0 Å². The Kier molecular flexibility index (Phi) is 13.6. The van der Waals surface area contributed by atoms with Crippen molar-refractivity contribution in [3.63, 3.8) is 0 Å². The highest BCUT2D eigenvalue weighted by molar-refractivity contribution is 5.83. The van der Waals surface area contributed by atoms with Crippen molar-refractivity contribution in [1.29, 1.82) is 0 Å². The van der Waals surface area contributed by atoms with E-state index in [0.29, 0.717) is 17.8 Å². The highest BCUT2D eigenvalue weighted by Gasteiger charge is 2.65. The van der Waals surface area contributed by atoms with Crippen molar-refractivity contribution in [2.75, 3.05) is 6.54 Å². The van der Waals surface area contributed by atoms with Crippen molar-refractivity contribution >= 4 is 5.97 Å². The molecule has 4 nitrogen and oxygen atoms in total. The molecule has 0 aromatic carbocycles. The molecule has 3 fully saturated rings. The summed E-state index contributed by atoms with van der Waals surface area (Å²) in [6.45, 7) is 10.3. The van der Waals surface area contributed by atoms with Gasteiger partial charge in [0.1, 0.15) is 6.04 Å². The van der Waals surface area contributed by atoms with Crippen LogP contribution >= 0.6 is 0 Å². The summed E-state index contributed by atoms with van der Waals surface area (Å²) in [4.78, 5) is 14.7. The minimum atomic E-state index is -0.333. The van der Waals surface area contributed by atoms with E-state index < -0.39 is 0 Å². The van der Waals surface area contributed by atoms with Crippen LogP contribution in [0.15, 0.2) is 0 Å². The van der Waals surface area contributed by atoms with E-state index in [9.17, 15) is 4.79 Å². The van der Waals surface area contributed by atoms with Crippen LogP contribution in [0.4, 0.5) is 0 Å². The Morgan fingerprint density at radius 1 is 0.833 bits per heavy atom. The number of esters is 1. The van der Waals surface area contributed by atoms with Crippen LogP contribution in [0, 0.1) is 17.8 Å². The number of morpholine rings is 1. The van der Waals surface area contributed by atoms with Crippen LogP contribution in [0.3, 0.4) is 0 Å². The van der Waals surface area contributed by atoms with Gasteiger partial charge in [0.15, 0.2) is 0 Å². The van der Waals surface area contributed by atoms with Crippen molar-refractivity contribution in [3.05, 3.63) is 0 Å². The predicted molar refractivity (Wildman–Crippen MR) is 150 cm³/mol. The summed E-state index contributed by atoms with van der Waals surface area (Å²) >= 11 is 0. The van der Waals surface area contributed by atoms with Crippen molar-refractivity contribution in [1.82, 2.24) is 4.90 Å². The van der Waals surface area contributed by atoms with Gasteiger partial charge in [-0.1, -0.05) is 130 Å². The quantitative estimate of drug-likeness (QED) is 0.0942. The number of carbonyl (C=O) groups is 1. The molecule has 1 unspecified atom stereocenters. The van der Waals surface area contributed by atoms with Gasteiger partial charge in [-0.15, -0.1) is 0 Å². The zero-order chi connectivity index (χ0) is 25.8. The minimum absolute atomic E-state index is 0.0233. The lowest BCUT2D eigenvalue weighted by molar-refractivity contribution is -0.197. The number of nitrogens with zero attached hydrogens (tertiary/aromatic N) is 1. The Labute approximate surface area is 223 Å². The summed E-state index contributed by atoms with van der Waals surface area (Å²) in [7, 11) is 0. The second-order valence-corrected chi connectivity index (χ2v) is 12.8. The van der Waals surface area contributed by atoms with E-state index in [0.717, 1.165) is 13.0 Å². The highest BCUT2D eigenvalue weighted by atomic mass is 16.7. The van der Waals surface area contributed by atoms with Gasteiger partial charge < -0.3 is 9.47 Å². The molecular weight excluding hydrogens is 446 g/mol. The first-order chi connectivity index (χ1) is 17.5. The number of unbranched alkanes of at least 4 members (excludes halogenated alkanes) is 15. The summed E-state index contributed by atoms with van der Waals surface area (Å²) in [6.07, 6.45) is 25.8. The van der Waals surface area contributed by atoms with E-state index >= 15 is 0 Å². The van der Waals surface area contributed by atoms with Crippen LogP contribution in [0.2, 0.25) is 0 Å². The maximum Gasteiger partial charge on any atom is 0.327 e. The Balaban J connectivity index is 1.17. The minimum Gasteiger partial charge on any atom is -0.433 e. The predicted octanol–water partition coefficient (Wildman–Crippen LogP) is 8.66. The maximum absolute atomic E-state index is 12.4. The van der Waals surface area contributed by atoms with E-state index in [1.54, 1.807) is 0 Å². The number of hydrogen-bond acceptors (Lipinski definition) is 4. The molecule has 3 rings (SSSR count). The molecule has 0 N–H and O–H groups in total. The standard InChI is InChI=1S/C32H59NO3/c1-5-6-7-8-9-10-11-12-13-14-15-16-17-18-19-20-23-33-29-30(33)32(36-31(29)34)35-28-24-26(4)21-22-27(28)25(2)3/h25-30,32H,5-24H2,1-4H3/t26-,27+,28-,29+,30-,32-,33?/m1/s1. The Bertz CT molecular complexity index is 608. The lowest BCUT2D eigenvalue weighted by Gasteiger charge is -2.38. The number of hydrogen-bond donors (Lipinski definition) is 0. The second kappa shape index (κ2) is 16.4. The topological polar surface area (TPSA) is 38.5 Å². The molecule has 0 amide bonds. The lowest BCUT2D eigenvalue weighted by atomic mass is 9.75. The normalized spacial score (nSPS) is 31.6. The molecule has 4 heteroatoms. The van der Waals surface area contributed by atoms with E-state index in [2.05, 4.69) is 32.6 Å². The Hall–Kier alpha value is -0.610. The monoisotopic (exact) mass is 505 g/mol. The van der Waals surface area contributed by atoms with E-state index in [1.807, 2.05) is 0 Å². The van der Waals surface area contributed by atoms with Crippen molar-refractivity contribution in [3.8, 4) is 0 Å². The molecule has 36 heavy (non-hydrogen) atoms. The van der Waals surface area contributed by atoms with Gasteiger partial charge in [0, 0.05) is 0 Å². The smallest absolute Gasteiger partial charge is 0.327 e. The third kappa shape index (κ3) is 9.61. The summed E-state index contributed by atoms with van der Waals surface area (Å²) in [5.74, 6) is 1.87. The van der Waals surface area contributed by atoms with Gasteiger partial charge in [-0.2, -0.15) is 0 Å². The van der Waals surface area contributed by atoms with Gasteiger partial charge in [0.05, 0.1) is 12.1 Å². The van der Waals surface area contributed by atoms with E-state index in [4.69, 9.17) is 9.47 Å². The van der Waals surface area contributed by atoms with Gasteiger partial charge in [-0.3, -0.25) is 9.69 Å². The number of fused-ring (bicyclic) bond motifs is 1. The maximum atomic E-state index is 12.4. The molecule has 7 atom stereocenters. The first-order valence-electron chi connectivity index (χ1n) is 16.1. The van der Waals surface area contributed by atoms with Gasteiger partial charge in [0.25, 0.3) is 0 Å². The first kappa shape index (κ1) is 29.9. The summed E-state index contributed by atoms with van der Waals surface area (Å²) in [6, 6.07) is 0.156. The third-order valence-corrected chi connectivity index (χ3v) is 9.27. The van der Waals surface area contributed by atoms with E-state index in [1.165, 1.54) is 116 Å². The molecule has 2 aliphatic heterocycles. The fourth-order valence-corrected chi connectivity index (χ4v) is 6.81. The lowest BCUT2D eigenvalue weighted by Crippen LogP contribution is -2.39. The molecule has 2 saturated heterocycles. The van der Waals surface area contributed by atoms with Gasteiger partial charge >= 0.3 is 5.97 Å². The highest BCUT2D eigenvalue weighted by Crippen LogP contribution is 2.43. The molecule has 0 radical (unpaired) electrons. The van der Waals surface area contributed by atoms with Crippen LogP contribution in [0.25, 0.3) is 0 Å². The fraction of sp³-hybridized carbons (Fsp3) is 0.969. The molecule has 2 heterocycles. The van der Waals surface area contributed by atoms with Crippen LogP contribution in [0.1, 0.15) is 150 Å². The largest absolute Gasteiger partial charge is 0.433 e. The molecule has 3 aliphatic rings. The number of rotatable bonds is 20. The molecule has 0 bridgehead atoms. The molecule has 1 aliphatic carbocycles.